The fraction of sp³-hybridized carbons (Fsp3) is 0.444. The molecule has 0 aliphatic heterocycles. The molecule has 2 N–H and O–H groups in total. The van der Waals surface area contributed by atoms with Gasteiger partial charge in [0.05, 0.1) is 0 Å². The molecule has 0 radical (unpaired) electrons. The molecule has 1 fully saturated rings. The number of hydrogen-bond donors (Lipinski definition) is 2. The van der Waals surface area contributed by atoms with Gasteiger partial charge in [-0.25, -0.2) is 9.78 Å². The van der Waals surface area contributed by atoms with Crippen LogP contribution in [0.15, 0.2) is 46.2 Å². The molecule has 1 atom stereocenters. The van der Waals surface area contributed by atoms with Gasteiger partial charge in [0.2, 0.25) is 5.91 Å². The molecule has 2 aromatic heterocycles. The van der Waals surface area contributed by atoms with Gasteiger partial charge in [-0.05, 0) is 24.5 Å². The van der Waals surface area contributed by atoms with Crippen LogP contribution < -0.4 is 16.6 Å². The number of carbonyl (C=O) groups excluding carboxylic acids is 1. The molecule has 25 heavy (non-hydrogen) atoms. The smallest absolute Gasteiger partial charge is 0.309 e. The summed E-state index contributed by atoms with van der Waals surface area (Å²) in [4.78, 5) is 42.7. The van der Waals surface area contributed by atoms with E-state index >= 15 is 0 Å². The van der Waals surface area contributed by atoms with E-state index in [0.29, 0.717) is 18.2 Å². The monoisotopic (exact) mass is 342 g/mol. The van der Waals surface area contributed by atoms with E-state index in [1.54, 1.807) is 24.4 Å². The molecule has 1 saturated carbocycles. The maximum Gasteiger partial charge on any atom is 0.329 e. The fourth-order valence-electron chi connectivity index (χ4n) is 3.40. The normalized spacial score (nSPS) is 16.3. The van der Waals surface area contributed by atoms with Crippen molar-refractivity contribution in [2.24, 2.45) is 5.92 Å². The molecular formula is C18H22N4O3. The van der Waals surface area contributed by atoms with E-state index in [2.05, 4.69) is 15.3 Å². The van der Waals surface area contributed by atoms with Gasteiger partial charge in [0.1, 0.15) is 11.9 Å². The molecule has 1 unspecified atom stereocenters. The van der Waals surface area contributed by atoms with Crippen LogP contribution in [0.4, 0.5) is 5.82 Å². The Balaban J connectivity index is 1.86. The van der Waals surface area contributed by atoms with Gasteiger partial charge in [0.15, 0.2) is 0 Å². The number of aromatic nitrogens is 3. The van der Waals surface area contributed by atoms with Crippen LogP contribution in [0.5, 0.6) is 0 Å². The highest BCUT2D eigenvalue weighted by Crippen LogP contribution is 2.30. The van der Waals surface area contributed by atoms with Crippen LogP contribution in [-0.4, -0.2) is 20.4 Å². The number of pyridine rings is 1. The van der Waals surface area contributed by atoms with Gasteiger partial charge in [-0.15, -0.1) is 0 Å². The SMILES string of the molecule is O=C(Nc1ccccn1)C(CC1CCCCC1)n1ccc(=O)[nH]c1=O. The lowest BCUT2D eigenvalue weighted by molar-refractivity contribution is -0.120. The van der Waals surface area contributed by atoms with Crippen molar-refractivity contribution in [3.05, 3.63) is 57.5 Å². The van der Waals surface area contributed by atoms with Crippen LogP contribution in [0.1, 0.15) is 44.6 Å². The van der Waals surface area contributed by atoms with Crippen molar-refractivity contribution in [3.8, 4) is 0 Å². The standard InChI is InChI=1S/C18H22N4O3/c23-16-9-11-22(18(25)21-16)14(12-13-6-2-1-3-7-13)17(24)20-15-8-4-5-10-19-15/h4-5,8-11,13-14H,1-3,6-7,12H2,(H,19,20,24)(H,21,23,25). The average molecular weight is 342 g/mol. The number of rotatable bonds is 5. The third-order valence-corrected chi connectivity index (χ3v) is 4.69. The van der Waals surface area contributed by atoms with Crippen LogP contribution in [-0.2, 0) is 4.79 Å². The number of anilines is 1. The first-order valence-electron chi connectivity index (χ1n) is 8.67. The molecule has 0 aromatic carbocycles. The minimum absolute atomic E-state index is 0.293. The lowest BCUT2D eigenvalue weighted by Gasteiger charge is -2.26. The Hall–Kier alpha value is -2.70. The van der Waals surface area contributed by atoms with Gasteiger partial charge in [0, 0.05) is 18.5 Å². The van der Waals surface area contributed by atoms with Gasteiger partial charge in [0.25, 0.3) is 5.56 Å². The van der Waals surface area contributed by atoms with Crippen molar-refractivity contribution in [1.82, 2.24) is 14.5 Å². The van der Waals surface area contributed by atoms with E-state index in [-0.39, 0.29) is 5.91 Å². The third-order valence-electron chi connectivity index (χ3n) is 4.69. The molecule has 0 spiro atoms. The molecule has 0 bridgehead atoms. The summed E-state index contributed by atoms with van der Waals surface area (Å²) in [5.41, 5.74) is -1.03. The number of carbonyl (C=O) groups is 1. The van der Waals surface area contributed by atoms with Crippen LogP contribution >= 0.6 is 0 Å². The van der Waals surface area contributed by atoms with Gasteiger partial charge in [-0.3, -0.25) is 19.1 Å². The maximum atomic E-state index is 12.8. The van der Waals surface area contributed by atoms with Crippen molar-refractivity contribution >= 4 is 11.7 Å². The number of hydrogen-bond acceptors (Lipinski definition) is 4. The zero-order valence-electron chi connectivity index (χ0n) is 14.0. The number of aromatic amines is 1. The zero-order chi connectivity index (χ0) is 17.6. The maximum absolute atomic E-state index is 12.8. The summed E-state index contributed by atoms with van der Waals surface area (Å²) in [5.74, 6) is 0.545. The third kappa shape index (κ3) is 4.43. The lowest BCUT2D eigenvalue weighted by atomic mass is 9.84. The molecule has 2 aromatic rings. The summed E-state index contributed by atoms with van der Waals surface area (Å²) in [7, 11) is 0. The second-order valence-corrected chi connectivity index (χ2v) is 6.48. The van der Waals surface area contributed by atoms with Crippen LogP contribution in [0.25, 0.3) is 0 Å². The molecule has 2 heterocycles. The molecule has 7 heteroatoms. The molecule has 7 nitrogen and oxygen atoms in total. The Morgan fingerprint density at radius 1 is 1.24 bits per heavy atom. The number of amides is 1. The highest BCUT2D eigenvalue weighted by molar-refractivity contribution is 5.92. The van der Waals surface area contributed by atoms with E-state index in [4.69, 9.17) is 0 Å². The first-order chi connectivity index (χ1) is 12.1. The van der Waals surface area contributed by atoms with Gasteiger partial charge >= 0.3 is 5.69 Å². The Kier molecular flexibility index (Phi) is 5.42. The quantitative estimate of drug-likeness (QED) is 0.869. The Morgan fingerprint density at radius 2 is 2.04 bits per heavy atom. The van der Waals surface area contributed by atoms with Crippen molar-refractivity contribution < 1.29 is 4.79 Å². The predicted molar refractivity (Wildman–Crippen MR) is 94.4 cm³/mol. The average Bonchev–Trinajstić information content (AvgIpc) is 2.62. The van der Waals surface area contributed by atoms with E-state index in [0.717, 1.165) is 25.7 Å². The summed E-state index contributed by atoms with van der Waals surface area (Å²) in [5, 5.41) is 2.77. The van der Waals surface area contributed by atoms with E-state index < -0.39 is 17.3 Å². The second kappa shape index (κ2) is 7.92. The number of H-pyrrole nitrogens is 1. The molecule has 1 aliphatic rings. The molecule has 0 saturated heterocycles. The minimum Gasteiger partial charge on any atom is -0.309 e. The summed E-state index contributed by atoms with van der Waals surface area (Å²) >= 11 is 0. The summed E-state index contributed by atoms with van der Waals surface area (Å²) in [6.07, 6.45) is 9.21. The zero-order valence-corrected chi connectivity index (χ0v) is 14.0. The Labute approximate surface area is 145 Å². The van der Waals surface area contributed by atoms with Crippen molar-refractivity contribution in [3.63, 3.8) is 0 Å². The van der Waals surface area contributed by atoms with Gasteiger partial charge < -0.3 is 5.32 Å². The largest absolute Gasteiger partial charge is 0.329 e. The minimum atomic E-state index is -0.672. The number of nitrogens with one attached hydrogen (secondary N) is 2. The van der Waals surface area contributed by atoms with E-state index in [1.165, 1.54) is 23.3 Å². The molecule has 1 aliphatic carbocycles. The van der Waals surface area contributed by atoms with Crippen LogP contribution in [0.3, 0.4) is 0 Å². The van der Waals surface area contributed by atoms with Gasteiger partial charge in [-0.2, -0.15) is 0 Å². The summed E-state index contributed by atoms with van der Waals surface area (Å²) in [6.45, 7) is 0. The van der Waals surface area contributed by atoms with E-state index in [9.17, 15) is 14.4 Å². The second-order valence-electron chi connectivity index (χ2n) is 6.48. The first-order valence-corrected chi connectivity index (χ1v) is 8.67. The molecule has 1 amide bonds. The summed E-state index contributed by atoms with van der Waals surface area (Å²) in [6, 6.07) is 5.84. The number of nitrogens with zero attached hydrogens (tertiary/aromatic N) is 2. The van der Waals surface area contributed by atoms with Crippen molar-refractivity contribution in [1.29, 1.82) is 0 Å². The molecule has 3 rings (SSSR count). The van der Waals surface area contributed by atoms with Crippen molar-refractivity contribution in [2.45, 2.75) is 44.6 Å². The predicted octanol–water partition coefficient (Wildman–Crippen LogP) is 2.08. The lowest BCUT2D eigenvalue weighted by Crippen LogP contribution is -2.38. The highest BCUT2D eigenvalue weighted by atomic mass is 16.2. The fourth-order valence-corrected chi connectivity index (χ4v) is 3.40. The Bertz CT molecular complexity index is 822. The highest BCUT2D eigenvalue weighted by Gasteiger charge is 2.27. The van der Waals surface area contributed by atoms with E-state index in [1.807, 2.05) is 0 Å². The van der Waals surface area contributed by atoms with Crippen LogP contribution in [0.2, 0.25) is 0 Å². The first kappa shape index (κ1) is 17.1. The summed E-state index contributed by atoms with van der Waals surface area (Å²) < 4.78 is 1.31. The Morgan fingerprint density at radius 3 is 2.72 bits per heavy atom. The topological polar surface area (TPSA) is 96.8 Å². The van der Waals surface area contributed by atoms with Crippen molar-refractivity contribution in [2.75, 3.05) is 5.32 Å². The van der Waals surface area contributed by atoms with Crippen LogP contribution in [0, 0.1) is 5.92 Å². The van der Waals surface area contributed by atoms with Gasteiger partial charge in [-0.1, -0.05) is 38.2 Å². The molecule has 132 valence electrons. The molecular weight excluding hydrogens is 320 g/mol.